The van der Waals surface area contributed by atoms with Crippen molar-refractivity contribution in [2.75, 3.05) is 13.1 Å². The molecule has 1 aromatic rings. The smallest absolute Gasteiger partial charge is 0.230 e. The van der Waals surface area contributed by atoms with Gasteiger partial charge >= 0.3 is 0 Å². The molecular formula is C16H26N2O. The Balaban J connectivity index is 2.79. The Kier molecular flexibility index (Phi) is 6.57. The van der Waals surface area contributed by atoms with Gasteiger partial charge in [-0.05, 0) is 37.8 Å². The summed E-state index contributed by atoms with van der Waals surface area (Å²) in [5.74, 6) is 0.140. The lowest BCUT2D eigenvalue weighted by molar-refractivity contribution is -0.127. The van der Waals surface area contributed by atoms with Crippen molar-refractivity contribution in [3.05, 3.63) is 35.9 Å². The number of rotatable bonds is 8. The van der Waals surface area contributed by atoms with Crippen LogP contribution in [0.3, 0.4) is 0 Å². The number of unbranched alkanes of at least 4 members (excludes halogenated alkanes) is 1. The highest BCUT2D eigenvalue weighted by Crippen LogP contribution is 2.31. The first-order valence-electron chi connectivity index (χ1n) is 7.25. The molecule has 0 saturated carbocycles. The van der Waals surface area contributed by atoms with E-state index in [0.717, 1.165) is 31.2 Å². The van der Waals surface area contributed by atoms with Crippen LogP contribution in [0.15, 0.2) is 30.3 Å². The molecule has 106 valence electrons. The number of nitrogens with one attached hydrogen (secondary N) is 1. The second kappa shape index (κ2) is 7.95. The number of hydrogen-bond acceptors (Lipinski definition) is 2. The Bertz CT molecular complexity index is 372. The van der Waals surface area contributed by atoms with Crippen molar-refractivity contribution in [1.29, 1.82) is 0 Å². The van der Waals surface area contributed by atoms with Crippen molar-refractivity contribution in [3.63, 3.8) is 0 Å². The highest BCUT2D eigenvalue weighted by molar-refractivity contribution is 5.88. The van der Waals surface area contributed by atoms with Crippen molar-refractivity contribution in [3.8, 4) is 0 Å². The largest absolute Gasteiger partial charge is 0.355 e. The fourth-order valence-corrected chi connectivity index (χ4v) is 2.51. The maximum absolute atomic E-state index is 12.5. The van der Waals surface area contributed by atoms with E-state index in [1.165, 1.54) is 0 Å². The van der Waals surface area contributed by atoms with Crippen LogP contribution in [0, 0.1) is 0 Å². The highest BCUT2D eigenvalue weighted by atomic mass is 16.2. The molecule has 3 heteroatoms. The maximum atomic E-state index is 12.5. The standard InChI is InChI=1S/C16H26N2O/c1-3-16(4-2,14-10-6-5-7-11-14)15(19)18-13-9-8-12-17/h5-7,10-11H,3-4,8-9,12-13,17H2,1-2H3,(H,18,19). The number of benzene rings is 1. The summed E-state index contributed by atoms with van der Waals surface area (Å²) in [6, 6.07) is 10.1. The second-order valence-electron chi connectivity index (χ2n) is 4.91. The van der Waals surface area contributed by atoms with Crippen molar-refractivity contribution < 1.29 is 4.79 Å². The molecule has 0 aliphatic heterocycles. The first-order valence-corrected chi connectivity index (χ1v) is 7.25. The molecule has 0 aromatic heterocycles. The van der Waals surface area contributed by atoms with Crippen LogP contribution < -0.4 is 11.1 Å². The third kappa shape index (κ3) is 3.80. The van der Waals surface area contributed by atoms with E-state index in [0.29, 0.717) is 13.1 Å². The molecule has 0 aliphatic carbocycles. The molecule has 1 rings (SSSR count). The highest BCUT2D eigenvalue weighted by Gasteiger charge is 2.36. The molecule has 0 bridgehead atoms. The summed E-state index contributed by atoms with van der Waals surface area (Å²) in [5.41, 5.74) is 6.17. The Morgan fingerprint density at radius 1 is 1.16 bits per heavy atom. The molecule has 0 fully saturated rings. The first-order chi connectivity index (χ1) is 9.21. The predicted octanol–water partition coefficient (Wildman–Crippen LogP) is 2.60. The molecule has 0 atom stereocenters. The van der Waals surface area contributed by atoms with Crippen LogP contribution in [0.4, 0.5) is 0 Å². The van der Waals surface area contributed by atoms with Gasteiger partial charge in [0.25, 0.3) is 0 Å². The minimum absolute atomic E-state index is 0.140. The third-order valence-corrected chi connectivity index (χ3v) is 3.88. The minimum Gasteiger partial charge on any atom is -0.355 e. The van der Waals surface area contributed by atoms with Gasteiger partial charge in [0.2, 0.25) is 5.91 Å². The molecule has 0 heterocycles. The van der Waals surface area contributed by atoms with Gasteiger partial charge in [0.1, 0.15) is 0 Å². The number of amides is 1. The van der Waals surface area contributed by atoms with Gasteiger partial charge in [-0.25, -0.2) is 0 Å². The summed E-state index contributed by atoms with van der Waals surface area (Å²) in [7, 11) is 0. The summed E-state index contributed by atoms with van der Waals surface area (Å²) in [5, 5.41) is 3.06. The Morgan fingerprint density at radius 2 is 1.79 bits per heavy atom. The molecule has 0 spiro atoms. The zero-order chi connectivity index (χ0) is 14.1. The van der Waals surface area contributed by atoms with Crippen LogP contribution >= 0.6 is 0 Å². The first kappa shape index (κ1) is 15.7. The topological polar surface area (TPSA) is 55.1 Å². The normalized spacial score (nSPS) is 11.3. The molecule has 3 N–H and O–H groups in total. The molecule has 3 nitrogen and oxygen atoms in total. The lowest BCUT2D eigenvalue weighted by Crippen LogP contribution is -2.44. The average molecular weight is 262 g/mol. The van der Waals surface area contributed by atoms with E-state index >= 15 is 0 Å². The van der Waals surface area contributed by atoms with Crippen molar-refractivity contribution in [2.45, 2.75) is 44.9 Å². The quantitative estimate of drug-likeness (QED) is 0.708. The minimum atomic E-state index is -0.399. The van der Waals surface area contributed by atoms with Crippen LogP contribution in [-0.2, 0) is 10.2 Å². The Labute approximate surface area is 116 Å². The van der Waals surface area contributed by atoms with E-state index in [1.807, 2.05) is 30.3 Å². The molecular weight excluding hydrogens is 236 g/mol. The number of nitrogens with two attached hydrogens (primary N) is 1. The van der Waals surface area contributed by atoms with Gasteiger partial charge in [-0.15, -0.1) is 0 Å². The Hall–Kier alpha value is -1.35. The maximum Gasteiger partial charge on any atom is 0.230 e. The van der Waals surface area contributed by atoms with E-state index in [1.54, 1.807) is 0 Å². The predicted molar refractivity (Wildman–Crippen MR) is 80.0 cm³/mol. The van der Waals surface area contributed by atoms with Crippen LogP contribution in [0.1, 0.15) is 45.1 Å². The monoisotopic (exact) mass is 262 g/mol. The van der Waals surface area contributed by atoms with Crippen LogP contribution in [0.5, 0.6) is 0 Å². The number of carbonyl (C=O) groups excluding carboxylic acids is 1. The van der Waals surface area contributed by atoms with Crippen molar-refractivity contribution >= 4 is 5.91 Å². The van der Waals surface area contributed by atoms with Gasteiger partial charge in [-0.2, -0.15) is 0 Å². The fraction of sp³-hybridized carbons (Fsp3) is 0.562. The van der Waals surface area contributed by atoms with Crippen LogP contribution in [-0.4, -0.2) is 19.0 Å². The summed E-state index contributed by atoms with van der Waals surface area (Å²) in [6.07, 6.45) is 3.53. The average Bonchev–Trinajstić information content (AvgIpc) is 2.47. The van der Waals surface area contributed by atoms with Crippen LogP contribution in [0.2, 0.25) is 0 Å². The zero-order valence-electron chi connectivity index (χ0n) is 12.1. The lowest BCUT2D eigenvalue weighted by Gasteiger charge is -2.31. The zero-order valence-corrected chi connectivity index (χ0v) is 12.1. The summed E-state index contributed by atoms with van der Waals surface area (Å²) in [6.45, 7) is 5.55. The Morgan fingerprint density at radius 3 is 2.32 bits per heavy atom. The van der Waals surface area contributed by atoms with Gasteiger partial charge in [-0.3, -0.25) is 4.79 Å². The van der Waals surface area contributed by atoms with Gasteiger partial charge in [0, 0.05) is 6.54 Å². The van der Waals surface area contributed by atoms with Gasteiger partial charge in [0.15, 0.2) is 0 Å². The molecule has 0 radical (unpaired) electrons. The molecule has 0 unspecified atom stereocenters. The molecule has 0 saturated heterocycles. The molecule has 1 aromatic carbocycles. The molecule has 0 aliphatic rings. The van der Waals surface area contributed by atoms with Gasteiger partial charge in [0.05, 0.1) is 5.41 Å². The van der Waals surface area contributed by atoms with Gasteiger partial charge < -0.3 is 11.1 Å². The van der Waals surface area contributed by atoms with E-state index in [2.05, 4.69) is 19.2 Å². The van der Waals surface area contributed by atoms with E-state index in [4.69, 9.17) is 5.73 Å². The van der Waals surface area contributed by atoms with E-state index in [-0.39, 0.29) is 5.91 Å². The van der Waals surface area contributed by atoms with Crippen molar-refractivity contribution in [1.82, 2.24) is 5.32 Å². The van der Waals surface area contributed by atoms with Crippen molar-refractivity contribution in [2.24, 2.45) is 5.73 Å². The fourth-order valence-electron chi connectivity index (χ4n) is 2.51. The summed E-state index contributed by atoms with van der Waals surface area (Å²) >= 11 is 0. The molecule has 19 heavy (non-hydrogen) atoms. The van der Waals surface area contributed by atoms with E-state index < -0.39 is 5.41 Å². The summed E-state index contributed by atoms with van der Waals surface area (Å²) < 4.78 is 0. The third-order valence-electron chi connectivity index (χ3n) is 3.88. The SMILES string of the molecule is CCC(CC)(C(=O)NCCCCN)c1ccccc1. The lowest BCUT2D eigenvalue weighted by atomic mass is 9.75. The summed E-state index contributed by atoms with van der Waals surface area (Å²) in [4.78, 5) is 12.5. The van der Waals surface area contributed by atoms with Crippen LogP contribution in [0.25, 0.3) is 0 Å². The second-order valence-corrected chi connectivity index (χ2v) is 4.91. The van der Waals surface area contributed by atoms with Gasteiger partial charge in [-0.1, -0.05) is 44.2 Å². The number of carbonyl (C=O) groups is 1. The number of hydrogen-bond donors (Lipinski definition) is 2. The molecule has 1 amide bonds. The van der Waals surface area contributed by atoms with E-state index in [9.17, 15) is 4.79 Å².